The van der Waals surface area contributed by atoms with E-state index < -0.39 is 17.5 Å². The van der Waals surface area contributed by atoms with Crippen molar-refractivity contribution in [2.24, 2.45) is 11.3 Å². The lowest BCUT2D eigenvalue weighted by molar-refractivity contribution is -0.297. The minimum Gasteiger partial charge on any atom is -0.387 e. The van der Waals surface area contributed by atoms with Gasteiger partial charge < -0.3 is 20.1 Å². The standard InChI is InChI=1S/C15H22O4/c1-8-7-19-15(18)12(16)9(2)10-5-13(3,4)6-11(10)14(8,15)17/h9,12,16-18H,1,5-7H2,2-4H3/t9-,12+,14-,15-/m1/s1. The summed E-state index contributed by atoms with van der Waals surface area (Å²) in [4.78, 5) is 0. The van der Waals surface area contributed by atoms with Crippen LogP contribution >= 0.6 is 0 Å². The fourth-order valence-corrected chi connectivity index (χ4v) is 3.99. The Labute approximate surface area is 113 Å². The first-order valence-corrected chi connectivity index (χ1v) is 6.81. The zero-order valence-electron chi connectivity index (χ0n) is 11.7. The SMILES string of the molecule is C=C1CO[C@]2(O)[C@@H](O)[C@H](C)C3=C(CC(C)(C)C3)[C@]12O. The van der Waals surface area contributed by atoms with Gasteiger partial charge in [-0.25, -0.2) is 0 Å². The summed E-state index contributed by atoms with van der Waals surface area (Å²) in [5, 5.41) is 32.1. The monoisotopic (exact) mass is 266 g/mol. The molecule has 1 saturated heterocycles. The number of hydrogen-bond acceptors (Lipinski definition) is 4. The van der Waals surface area contributed by atoms with E-state index in [-0.39, 0.29) is 17.9 Å². The molecule has 0 saturated carbocycles. The zero-order chi connectivity index (χ0) is 14.2. The normalized spacial score (nSPS) is 48.4. The first-order chi connectivity index (χ1) is 8.63. The molecular formula is C15H22O4. The first kappa shape index (κ1) is 13.3. The molecule has 19 heavy (non-hydrogen) atoms. The summed E-state index contributed by atoms with van der Waals surface area (Å²) in [5.41, 5.74) is 0.688. The second kappa shape index (κ2) is 3.50. The highest BCUT2D eigenvalue weighted by Gasteiger charge is 2.68. The van der Waals surface area contributed by atoms with Crippen molar-refractivity contribution in [3.05, 3.63) is 23.3 Å². The van der Waals surface area contributed by atoms with Crippen LogP contribution in [0, 0.1) is 11.3 Å². The highest BCUT2D eigenvalue weighted by atomic mass is 16.7. The molecule has 0 radical (unpaired) electrons. The topological polar surface area (TPSA) is 69.9 Å². The molecule has 106 valence electrons. The van der Waals surface area contributed by atoms with Gasteiger partial charge in [0.25, 0.3) is 0 Å². The van der Waals surface area contributed by atoms with Crippen LogP contribution < -0.4 is 0 Å². The maximum atomic E-state index is 11.0. The average molecular weight is 266 g/mol. The molecule has 4 nitrogen and oxygen atoms in total. The largest absolute Gasteiger partial charge is 0.387 e. The fraction of sp³-hybridized carbons (Fsp3) is 0.733. The maximum absolute atomic E-state index is 11.0. The Morgan fingerprint density at radius 2 is 1.89 bits per heavy atom. The molecular weight excluding hydrogens is 244 g/mol. The average Bonchev–Trinajstić information content (AvgIpc) is 2.78. The van der Waals surface area contributed by atoms with Gasteiger partial charge in [0.15, 0.2) is 5.60 Å². The molecule has 3 N–H and O–H groups in total. The summed E-state index contributed by atoms with van der Waals surface area (Å²) in [6, 6.07) is 0. The minimum absolute atomic E-state index is 0.0303. The smallest absolute Gasteiger partial charge is 0.230 e. The molecule has 0 aromatic carbocycles. The van der Waals surface area contributed by atoms with Gasteiger partial charge in [-0.05, 0) is 29.4 Å². The van der Waals surface area contributed by atoms with Crippen LogP contribution in [-0.4, -0.2) is 39.4 Å². The van der Waals surface area contributed by atoms with Gasteiger partial charge in [0, 0.05) is 5.92 Å². The van der Waals surface area contributed by atoms with E-state index in [2.05, 4.69) is 20.4 Å². The molecule has 0 aromatic rings. The summed E-state index contributed by atoms with van der Waals surface area (Å²) >= 11 is 0. The molecule has 1 aliphatic heterocycles. The Hall–Kier alpha value is -0.680. The van der Waals surface area contributed by atoms with Crippen LogP contribution in [0.25, 0.3) is 0 Å². The maximum Gasteiger partial charge on any atom is 0.230 e. The third-order valence-corrected chi connectivity index (χ3v) is 5.07. The summed E-state index contributed by atoms with van der Waals surface area (Å²) < 4.78 is 5.34. The molecule has 0 unspecified atom stereocenters. The summed E-state index contributed by atoms with van der Waals surface area (Å²) in [6.07, 6.45) is 0.386. The van der Waals surface area contributed by atoms with Gasteiger partial charge in [-0.2, -0.15) is 0 Å². The van der Waals surface area contributed by atoms with E-state index >= 15 is 0 Å². The quantitative estimate of drug-likeness (QED) is 0.575. The van der Waals surface area contributed by atoms with Gasteiger partial charge in [-0.3, -0.25) is 0 Å². The molecule has 1 fully saturated rings. The van der Waals surface area contributed by atoms with Crippen LogP contribution in [0.1, 0.15) is 33.6 Å². The molecule has 4 heteroatoms. The molecule has 1 heterocycles. The zero-order valence-corrected chi connectivity index (χ0v) is 11.7. The predicted octanol–water partition coefficient (Wildman–Crippen LogP) is 1.12. The Kier molecular flexibility index (Phi) is 2.45. The van der Waals surface area contributed by atoms with E-state index in [1.165, 1.54) is 0 Å². The molecule has 0 aromatic heterocycles. The second-order valence-corrected chi connectivity index (χ2v) is 7.05. The van der Waals surface area contributed by atoms with E-state index in [1.807, 2.05) is 6.92 Å². The second-order valence-electron chi connectivity index (χ2n) is 7.05. The van der Waals surface area contributed by atoms with Gasteiger partial charge in [0.2, 0.25) is 5.79 Å². The lowest BCUT2D eigenvalue weighted by Crippen LogP contribution is -2.64. The Morgan fingerprint density at radius 1 is 1.26 bits per heavy atom. The third kappa shape index (κ3) is 1.38. The Bertz CT molecular complexity index is 492. The van der Waals surface area contributed by atoms with Crippen molar-refractivity contribution in [2.75, 3.05) is 6.61 Å². The van der Waals surface area contributed by atoms with Crippen molar-refractivity contribution in [1.29, 1.82) is 0 Å². The van der Waals surface area contributed by atoms with Crippen LogP contribution in [0.5, 0.6) is 0 Å². The fourth-order valence-electron chi connectivity index (χ4n) is 3.99. The van der Waals surface area contributed by atoms with Crippen molar-refractivity contribution in [3.8, 4) is 0 Å². The van der Waals surface area contributed by atoms with Crippen LogP contribution in [0.15, 0.2) is 23.3 Å². The molecule has 4 atom stereocenters. The molecule has 2 aliphatic carbocycles. The van der Waals surface area contributed by atoms with E-state index in [4.69, 9.17) is 4.74 Å². The summed E-state index contributed by atoms with van der Waals surface area (Å²) in [5.74, 6) is -2.17. The summed E-state index contributed by atoms with van der Waals surface area (Å²) in [6.45, 7) is 10.1. The molecule has 3 aliphatic rings. The number of fused-ring (bicyclic) bond motifs is 2. The lowest BCUT2D eigenvalue weighted by atomic mass is 9.68. The number of hydrogen-bond donors (Lipinski definition) is 3. The molecule has 0 spiro atoms. The van der Waals surface area contributed by atoms with Gasteiger partial charge in [0.05, 0.1) is 6.61 Å². The van der Waals surface area contributed by atoms with Gasteiger partial charge in [-0.1, -0.05) is 32.9 Å². The third-order valence-electron chi connectivity index (χ3n) is 5.07. The number of rotatable bonds is 0. The minimum atomic E-state index is -1.96. The highest BCUT2D eigenvalue weighted by molar-refractivity contribution is 5.49. The van der Waals surface area contributed by atoms with Crippen LogP contribution in [0.3, 0.4) is 0 Å². The van der Waals surface area contributed by atoms with Crippen LogP contribution in [0.2, 0.25) is 0 Å². The van der Waals surface area contributed by atoms with Crippen LogP contribution in [0.4, 0.5) is 0 Å². The van der Waals surface area contributed by atoms with Gasteiger partial charge >= 0.3 is 0 Å². The van der Waals surface area contributed by atoms with E-state index in [1.54, 1.807) is 0 Å². The van der Waals surface area contributed by atoms with Gasteiger partial charge in [0.1, 0.15) is 6.10 Å². The van der Waals surface area contributed by atoms with Crippen molar-refractivity contribution in [3.63, 3.8) is 0 Å². The lowest BCUT2D eigenvalue weighted by Gasteiger charge is -2.47. The molecule has 0 bridgehead atoms. The van der Waals surface area contributed by atoms with Crippen molar-refractivity contribution >= 4 is 0 Å². The molecule has 3 rings (SSSR count). The highest BCUT2D eigenvalue weighted by Crippen LogP contribution is 2.59. The predicted molar refractivity (Wildman–Crippen MR) is 70.2 cm³/mol. The summed E-state index contributed by atoms with van der Waals surface area (Å²) in [7, 11) is 0. The van der Waals surface area contributed by atoms with E-state index in [0.29, 0.717) is 12.0 Å². The van der Waals surface area contributed by atoms with Crippen molar-refractivity contribution in [1.82, 2.24) is 0 Å². The van der Waals surface area contributed by atoms with Crippen molar-refractivity contribution in [2.45, 2.75) is 51.1 Å². The Balaban J connectivity index is 2.21. The first-order valence-electron chi connectivity index (χ1n) is 6.81. The van der Waals surface area contributed by atoms with E-state index in [9.17, 15) is 15.3 Å². The molecule has 0 amide bonds. The van der Waals surface area contributed by atoms with Crippen LogP contribution in [-0.2, 0) is 4.74 Å². The van der Waals surface area contributed by atoms with Gasteiger partial charge in [-0.15, -0.1) is 0 Å². The van der Waals surface area contributed by atoms with E-state index in [0.717, 1.165) is 17.6 Å². The number of ether oxygens (including phenoxy) is 1. The van der Waals surface area contributed by atoms with Crippen molar-refractivity contribution < 1.29 is 20.1 Å². The Morgan fingerprint density at radius 3 is 2.53 bits per heavy atom. The number of aliphatic hydroxyl groups is 3. The number of aliphatic hydroxyl groups excluding tert-OH is 1.